The van der Waals surface area contributed by atoms with Gasteiger partial charge in [0, 0.05) is 30.1 Å². The lowest BCUT2D eigenvalue weighted by Crippen LogP contribution is -2.39. The maximum Gasteiger partial charge on any atom is 0.142 e. The molecule has 0 radical (unpaired) electrons. The summed E-state index contributed by atoms with van der Waals surface area (Å²) < 4.78 is 16.1. The summed E-state index contributed by atoms with van der Waals surface area (Å²) in [5.74, 6) is -0.0140. The van der Waals surface area contributed by atoms with E-state index >= 15 is 0 Å². The molecule has 2 atom stereocenters. The van der Waals surface area contributed by atoms with E-state index in [-0.39, 0.29) is 10.8 Å². The molecular formula is C14H16ClFN2. The van der Waals surface area contributed by atoms with Crippen LogP contribution in [0.3, 0.4) is 0 Å². The Kier molecular flexibility index (Phi) is 2.65. The maximum atomic E-state index is 13.9. The minimum Gasteiger partial charge on any atom is -0.346 e. The normalized spacial score (nSPS) is 23.0. The van der Waals surface area contributed by atoms with Crippen molar-refractivity contribution in [3.8, 4) is 0 Å². The van der Waals surface area contributed by atoms with Crippen LogP contribution in [0.2, 0.25) is 5.02 Å². The molecule has 0 bridgehead atoms. The summed E-state index contributed by atoms with van der Waals surface area (Å²) in [7, 11) is 4.14. The van der Waals surface area contributed by atoms with Crippen LogP contribution in [0, 0.1) is 5.82 Å². The first-order valence-corrected chi connectivity index (χ1v) is 6.51. The van der Waals surface area contributed by atoms with Crippen LogP contribution in [0.25, 0.3) is 10.9 Å². The smallest absolute Gasteiger partial charge is 0.142 e. The first-order chi connectivity index (χ1) is 8.50. The van der Waals surface area contributed by atoms with Crippen molar-refractivity contribution in [2.45, 2.75) is 25.4 Å². The largest absolute Gasteiger partial charge is 0.346 e. The van der Waals surface area contributed by atoms with Crippen LogP contribution < -0.4 is 0 Å². The number of hydrogen-bond donors (Lipinski definition) is 0. The molecule has 1 aliphatic rings. The zero-order chi connectivity index (χ0) is 13.0. The molecule has 0 saturated carbocycles. The quantitative estimate of drug-likeness (QED) is 0.767. The monoisotopic (exact) mass is 266 g/mol. The Labute approximate surface area is 111 Å². The van der Waals surface area contributed by atoms with Gasteiger partial charge in [-0.3, -0.25) is 0 Å². The number of likely N-dealkylation sites (N-methyl/N-ethyl adjacent to an activating group) is 1. The second-order valence-corrected chi connectivity index (χ2v) is 5.69. The van der Waals surface area contributed by atoms with Gasteiger partial charge in [-0.15, -0.1) is 0 Å². The number of hydrogen-bond acceptors (Lipinski definition) is 1. The molecular weight excluding hydrogens is 251 g/mol. The van der Waals surface area contributed by atoms with Gasteiger partial charge >= 0.3 is 0 Å². The molecule has 1 aromatic carbocycles. The van der Waals surface area contributed by atoms with Crippen molar-refractivity contribution in [1.82, 2.24) is 9.47 Å². The second kappa shape index (κ2) is 3.97. The average Bonchev–Trinajstić information content (AvgIpc) is 2.73. The highest BCUT2D eigenvalue weighted by Gasteiger charge is 2.30. The van der Waals surface area contributed by atoms with Crippen molar-refractivity contribution in [1.29, 1.82) is 0 Å². The van der Waals surface area contributed by atoms with Gasteiger partial charge in [0.1, 0.15) is 5.82 Å². The lowest BCUT2D eigenvalue weighted by atomic mass is 9.88. The average molecular weight is 267 g/mol. The number of nitrogens with zero attached hydrogens (tertiary/aromatic N) is 2. The summed E-state index contributed by atoms with van der Waals surface area (Å²) in [6.45, 7) is 3.08. The van der Waals surface area contributed by atoms with Gasteiger partial charge in [0.05, 0.1) is 10.5 Å². The molecule has 0 fully saturated rings. The number of benzene rings is 1. The van der Waals surface area contributed by atoms with Crippen LogP contribution in [0.4, 0.5) is 4.39 Å². The van der Waals surface area contributed by atoms with Crippen molar-refractivity contribution >= 4 is 22.5 Å². The molecule has 1 aromatic heterocycles. The van der Waals surface area contributed by atoms with Crippen molar-refractivity contribution < 1.29 is 4.39 Å². The first-order valence-electron chi connectivity index (χ1n) is 6.14. The van der Waals surface area contributed by atoms with Gasteiger partial charge in [-0.25, -0.2) is 4.39 Å². The molecule has 0 unspecified atom stereocenters. The molecule has 0 aliphatic carbocycles. The summed E-state index contributed by atoms with van der Waals surface area (Å²) in [6, 6.07) is 3.89. The SMILES string of the molecule is C[C@H]1c2cc(F)c(Cl)c3ccn(c23)C[C@@H]1N(C)C. The predicted molar refractivity (Wildman–Crippen MR) is 72.8 cm³/mol. The molecule has 0 amide bonds. The number of halogens is 2. The van der Waals surface area contributed by atoms with E-state index in [2.05, 4.69) is 30.5 Å². The second-order valence-electron chi connectivity index (χ2n) is 5.31. The van der Waals surface area contributed by atoms with E-state index in [4.69, 9.17) is 11.6 Å². The van der Waals surface area contributed by atoms with E-state index in [0.717, 1.165) is 23.0 Å². The van der Waals surface area contributed by atoms with Crippen molar-refractivity contribution in [3.63, 3.8) is 0 Å². The zero-order valence-electron chi connectivity index (χ0n) is 10.7. The Morgan fingerprint density at radius 1 is 1.44 bits per heavy atom. The van der Waals surface area contributed by atoms with Gasteiger partial charge in [0.2, 0.25) is 0 Å². The number of aromatic nitrogens is 1. The molecule has 2 aromatic rings. The van der Waals surface area contributed by atoms with Gasteiger partial charge in [0.15, 0.2) is 0 Å². The van der Waals surface area contributed by atoms with Crippen LogP contribution in [0.5, 0.6) is 0 Å². The van der Waals surface area contributed by atoms with Crippen LogP contribution in [-0.4, -0.2) is 29.6 Å². The molecule has 0 N–H and O–H groups in total. The summed E-state index contributed by atoms with van der Waals surface area (Å²) in [4.78, 5) is 2.20. The number of rotatable bonds is 1. The molecule has 3 rings (SSSR count). The Bertz CT molecular complexity index is 618. The maximum absolute atomic E-state index is 13.9. The highest BCUT2D eigenvalue weighted by atomic mass is 35.5. The van der Waals surface area contributed by atoms with E-state index in [1.165, 1.54) is 0 Å². The van der Waals surface area contributed by atoms with Crippen LogP contribution >= 0.6 is 11.6 Å². The van der Waals surface area contributed by atoms with E-state index in [0.29, 0.717) is 12.0 Å². The van der Waals surface area contributed by atoms with Crippen molar-refractivity contribution in [3.05, 3.63) is 34.7 Å². The minimum atomic E-state index is -0.317. The Morgan fingerprint density at radius 2 is 2.17 bits per heavy atom. The van der Waals surface area contributed by atoms with Crippen LogP contribution in [0.15, 0.2) is 18.3 Å². The molecule has 18 heavy (non-hydrogen) atoms. The fourth-order valence-corrected chi connectivity index (χ4v) is 3.25. The lowest BCUT2D eigenvalue weighted by Gasteiger charge is -2.35. The van der Waals surface area contributed by atoms with Crippen molar-refractivity contribution in [2.24, 2.45) is 0 Å². The van der Waals surface area contributed by atoms with E-state index in [9.17, 15) is 4.39 Å². The van der Waals surface area contributed by atoms with E-state index < -0.39 is 0 Å². The van der Waals surface area contributed by atoms with Crippen LogP contribution in [0.1, 0.15) is 18.4 Å². The molecule has 4 heteroatoms. The molecule has 1 aliphatic heterocycles. The van der Waals surface area contributed by atoms with Crippen molar-refractivity contribution in [2.75, 3.05) is 14.1 Å². The summed E-state index contributed by atoms with van der Waals surface area (Å²) in [6.07, 6.45) is 2.00. The summed E-state index contributed by atoms with van der Waals surface area (Å²) >= 11 is 6.04. The Morgan fingerprint density at radius 3 is 2.83 bits per heavy atom. The van der Waals surface area contributed by atoms with Gasteiger partial charge in [-0.1, -0.05) is 18.5 Å². The first kappa shape index (κ1) is 12.0. The third-order valence-corrected chi connectivity index (χ3v) is 4.46. The van der Waals surface area contributed by atoms with Gasteiger partial charge in [-0.2, -0.15) is 0 Å². The minimum absolute atomic E-state index is 0.239. The molecule has 0 saturated heterocycles. The fourth-order valence-electron chi connectivity index (χ4n) is 3.04. The van der Waals surface area contributed by atoms with Crippen LogP contribution in [-0.2, 0) is 6.54 Å². The standard InChI is InChI=1S/C14H16ClFN2/c1-8-10-6-11(16)13(15)9-4-5-18(14(9)10)7-12(8)17(2)3/h4-6,8,12H,7H2,1-3H3/t8-,12-/m0/s1. The van der Waals surface area contributed by atoms with Gasteiger partial charge in [-0.05, 0) is 31.8 Å². The predicted octanol–water partition coefficient (Wildman–Crippen LogP) is 3.48. The fraction of sp³-hybridized carbons (Fsp3) is 0.429. The zero-order valence-corrected chi connectivity index (χ0v) is 11.5. The van der Waals surface area contributed by atoms with E-state index in [1.54, 1.807) is 6.07 Å². The summed E-state index contributed by atoms with van der Waals surface area (Å²) in [5.41, 5.74) is 2.15. The Balaban J connectivity index is 2.29. The molecule has 0 spiro atoms. The molecule has 2 nitrogen and oxygen atoms in total. The molecule has 96 valence electrons. The highest BCUT2D eigenvalue weighted by Crippen LogP contribution is 2.39. The van der Waals surface area contributed by atoms with E-state index in [1.807, 2.05) is 12.3 Å². The third-order valence-electron chi connectivity index (χ3n) is 4.08. The molecule has 2 heterocycles. The topological polar surface area (TPSA) is 8.17 Å². The summed E-state index contributed by atoms with van der Waals surface area (Å²) in [5, 5.41) is 1.07. The van der Waals surface area contributed by atoms with Gasteiger partial charge in [0.25, 0.3) is 0 Å². The Hall–Kier alpha value is -1.06. The third kappa shape index (κ3) is 1.50. The highest BCUT2D eigenvalue weighted by molar-refractivity contribution is 6.35. The lowest BCUT2D eigenvalue weighted by molar-refractivity contribution is 0.228. The van der Waals surface area contributed by atoms with Gasteiger partial charge < -0.3 is 9.47 Å².